The van der Waals surface area contributed by atoms with E-state index in [4.69, 9.17) is 10.5 Å². The summed E-state index contributed by atoms with van der Waals surface area (Å²) in [5.74, 6) is 1.72. The molecule has 1 aromatic carbocycles. The molecule has 2 rings (SSSR count). The molecular weight excluding hydrogens is 264 g/mol. The monoisotopic (exact) mass is 290 g/mol. The number of amides is 1. The number of nitrogens with two attached hydrogens (primary N) is 1. The Morgan fingerprint density at radius 3 is 3.05 bits per heavy atom. The van der Waals surface area contributed by atoms with Crippen LogP contribution in [-0.4, -0.2) is 30.5 Å². The molecule has 1 atom stereocenters. The molecule has 1 aromatic rings. The first-order valence-electron chi connectivity index (χ1n) is 7.92. The Balaban J connectivity index is 1.69. The normalized spacial score (nSPS) is 18.3. The fourth-order valence-electron chi connectivity index (χ4n) is 2.88. The van der Waals surface area contributed by atoms with Crippen molar-refractivity contribution >= 4 is 5.91 Å². The second-order valence-corrected chi connectivity index (χ2v) is 5.75. The molecule has 0 radical (unpaired) electrons. The molecule has 1 unspecified atom stereocenters. The molecule has 21 heavy (non-hydrogen) atoms. The number of rotatable bonds is 8. The van der Waals surface area contributed by atoms with Crippen LogP contribution in [0.15, 0.2) is 24.3 Å². The maximum absolute atomic E-state index is 11.9. The van der Waals surface area contributed by atoms with Crippen LogP contribution >= 0.6 is 0 Å². The van der Waals surface area contributed by atoms with Crippen molar-refractivity contribution in [1.29, 1.82) is 0 Å². The van der Waals surface area contributed by atoms with Gasteiger partial charge in [-0.15, -0.1) is 0 Å². The Labute approximate surface area is 127 Å². The van der Waals surface area contributed by atoms with E-state index in [1.165, 1.54) is 0 Å². The van der Waals surface area contributed by atoms with Gasteiger partial charge in [-0.1, -0.05) is 25.5 Å². The first kappa shape index (κ1) is 15.8. The van der Waals surface area contributed by atoms with Crippen molar-refractivity contribution in [2.24, 2.45) is 11.7 Å². The van der Waals surface area contributed by atoms with Crippen LogP contribution in [-0.2, 0) is 11.3 Å². The molecule has 0 bridgehead atoms. The average Bonchev–Trinajstić information content (AvgIpc) is 2.84. The predicted molar refractivity (Wildman–Crippen MR) is 84.0 cm³/mol. The number of benzene rings is 1. The highest BCUT2D eigenvalue weighted by Crippen LogP contribution is 2.22. The summed E-state index contributed by atoms with van der Waals surface area (Å²) in [6.07, 6.45) is 3.92. The third-order valence-corrected chi connectivity index (χ3v) is 3.97. The summed E-state index contributed by atoms with van der Waals surface area (Å²) in [5.41, 5.74) is 6.68. The van der Waals surface area contributed by atoms with Crippen LogP contribution in [0.1, 0.15) is 38.2 Å². The predicted octanol–water partition coefficient (Wildman–Crippen LogP) is 2.56. The molecule has 116 valence electrons. The molecule has 0 saturated carbocycles. The first-order chi connectivity index (χ1) is 10.2. The van der Waals surface area contributed by atoms with E-state index in [1.807, 2.05) is 29.2 Å². The van der Waals surface area contributed by atoms with Crippen molar-refractivity contribution in [3.63, 3.8) is 0 Å². The summed E-state index contributed by atoms with van der Waals surface area (Å²) in [6.45, 7) is 5.07. The van der Waals surface area contributed by atoms with Crippen LogP contribution in [0.5, 0.6) is 5.75 Å². The molecule has 1 amide bonds. The lowest BCUT2D eigenvalue weighted by atomic mass is 10.0. The number of carbonyl (C=O) groups is 1. The molecule has 4 heteroatoms. The third kappa shape index (κ3) is 4.74. The van der Waals surface area contributed by atoms with Crippen LogP contribution in [0.25, 0.3) is 0 Å². The fourth-order valence-corrected chi connectivity index (χ4v) is 2.88. The van der Waals surface area contributed by atoms with Gasteiger partial charge in [-0.25, -0.2) is 0 Å². The SMILES string of the molecule is CCCC1CC(=O)N(CCCOc2cccc(CN)c2)C1. The third-order valence-electron chi connectivity index (χ3n) is 3.97. The van der Waals surface area contributed by atoms with Crippen molar-refractivity contribution in [2.45, 2.75) is 39.2 Å². The first-order valence-corrected chi connectivity index (χ1v) is 7.92. The van der Waals surface area contributed by atoms with Crippen molar-refractivity contribution in [3.8, 4) is 5.75 Å². The highest BCUT2D eigenvalue weighted by atomic mass is 16.5. The highest BCUT2D eigenvalue weighted by Gasteiger charge is 2.28. The number of likely N-dealkylation sites (tertiary alicyclic amines) is 1. The van der Waals surface area contributed by atoms with Crippen molar-refractivity contribution in [1.82, 2.24) is 4.90 Å². The van der Waals surface area contributed by atoms with Gasteiger partial charge in [0.15, 0.2) is 0 Å². The van der Waals surface area contributed by atoms with Gasteiger partial charge in [0.1, 0.15) is 5.75 Å². The molecule has 0 aromatic heterocycles. The van der Waals surface area contributed by atoms with Crippen molar-refractivity contribution in [2.75, 3.05) is 19.7 Å². The minimum atomic E-state index is 0.304. The van der Waals surface area contributed by atoms with Gasteiger partial charge in [-0.05, 0) is 36.5 Å². The topological polar surface area (TPSA) is 55.6 Å². The van der Waals surface area contributed by atoms with Gasteiger partial charge in [0, 0.05) is 26.1 Å². The average molecular weight is 290 g/mol. The van der Waals surface area contributed by atoms with E-state index in [0.717, 1.165) is 50.1 Å². The Hall–Kier alpha value is -1.55. The van der Waals surface area contributed by atoms with Gasteiger partial charge >= 0.3 is 0 Å². The van der Waals surface area contributed by atoms with Gasteiger partial charge < -0.3 is 15.4 Å². The highest BCUT2D eigenvalue weighted by molar-refractivity contribution is 5.78. The molecular formula is C17H26N2O2. The standard InChI is InChI=1S/C17H26N2O2/c1-2-5-15-11-17(20)19(13-15)8-4-9-21-16-7-3-6-14(10-16)12-18/h3,6-7,10,15H,2,4-5,8-9,11-13,18H2,1H3. The molecule has 1 fully saturated rings. The lowest BCUT2D eigenvalue weighted by Crippen LogP contribution is -2.27. The van der Waals surface area contributed by atoms with Gasteiger partial charge in [-0.2, -0.15) is 0 Å². The molecule has 0 spiro atoms. The summed E-state index contributed by atoms with van der Waals surface area (Å²) in [4.78, 5) is 13.9. The molecule has 1 aliphatic rings. The number of hydrogen-bond donors (Lipinski definition) is 1. The molecule has 1 aliphatic heterocycles. The fraction of sp³-hybridized carbons (Fsp3) is 0.588. The molecule has 2 N–H and O–H groups in total. The van der Waals surface area contributed by atoms with E-state index in [9.17, 15) is 4.79 Å². The van der Waals surface area contributed by atoms with E-state index in [2.05, 4.69) is 6.92 Å². The van der Waals surface area contributed by atoms with Crippen LogP contribution in [0.3, 0.4) is 0 Å². The Bertz CT molecular complexity index is 462. The molecule has 1 heterocycles. The summed E-state index contributed by atoms with van der Waals surface area (Å²) < 4.78 is 5.72. The van der Waals surface area contributed by atoms with E-state index in [0.29, 0.717) is 25.0 Å². The van der Waals surface area contributed by atoms with Crippen LogP contribution in [0, 0.1) is 5.92 Å². The van der Waals surface area contributed by atoms with Crippen LogP contribution in [0.4, 0.5) is 0 Å². The van der Waals surface area contributed by atoms with Gasteiger partial charge in [0.25, 0.3) is 0 Å². The van der Waals surface area contributed by atoms with Crippen molar-refractivity contribution < 1.29 is 9.53 Å². The van der Waals surface area contributed by atoms with E-state index >= 15 is 0 Å². The lowest BCUT2D eigenvalue weighted by molar-refractivity contribution is -0.127. The summed E-state index contributed by atoms with van der Waals surface area (Å²) in [6, 6.07) is 7.86. The Kier molecular flexibility index (Phi) is 6.05. The number of ether oxygens (including phenoxy) is 1. The van der Waals surface area contributed by atoms with Crippen LogP contribution in [0.2, 0.25) is 0 Å². The largest absolute Gasteiger partial charge is 0.494 e. The summed E-state index contributed by atoms with van der Waals surface area (Å²) in [5, 5.41) is 0. The second-order valence-electron chi connectivity index (χ2n) is 5.75. The van der Waals surface area contributed by atoms with E-state index < -0.39 is 0 Å². The summed E-state index contributed by atoms with van der Waals surface area (Å²) in [7, 11) is 0. The lowest BCUT2D eigenvalue weighted by Gasteiger charge is -2.16. The number of nitrogens with zero attached hydrogens (tertiary/aromatic N) is 1. The Morgan fingerprint density at radius 2 is 2.29 bits per heavy atom. The quantitative estimate of drug-likeness (QED) is 0.749. The molecule has 1 saturated heterocycles. The smallest absolute Gasteiger partial charge is 0.222 e. The van der Waals surface area contributed by atoms with Crippen LogP contribution < -0.4 is 10.5 Å². The van der Waals surface area contributed by atoms with E-state index in [1.54, 1.807) is 0 Å². The zero-order valence-corrected chi connectivity index (χ0v) is 12.9. The Morgan fingerprint density at radius 1 is 1.43 bits per heavy atom. The van der Waals surface area contributed by atoms with E-state index in [-0.39, 0.29) is 0 Å². The van der Waals surface area contributed by atoms with Gasteiger partial charge in [0.05, 0.1) is 6.61 Å². The molecule has 4 nitrogen and oxygen atoms in total. The zero-order chi connectivity index (χ0) is 15.1. The summed E-state index contributed by atoms with van der Waals surface area (Å²) >= 11 is 0. The minimum Gasteiger partial charge on any atom is -0.494 e. The molecule has 0 aliphatic carbocycles. The number of carbonyl (C=O) groups excluding carboxylic acids is 1. The minimum absolute atomic E-state index is 0.304. The maximum atomic E-state index is 11.9. The van der Waals surface area contributed by atoms with Crippen molar-refractivity contribution in [3.05, 3.63) is 29.8 Å². The zero-order valence-electron chi connectivity index (χ0n) is 12.9. The number of hydrogen-bond acceptors (Lipinski definition) is 3. The maximum Gasteiger partial charge on any atom is 0.222 e. The van der Waals surface area contributed by atoms with Gasteiger partial charge in [0.2, 0.25) is 5.91 Å². The van der Waals surface area contributed by atoms with Gasteiger partial charge in [-0.3, -0.25) is 4.79 Å². The second kappa shape index (κ2) is 8.03.